The van der Waals surface area contributed by atoms with Crippen molar-refractivity contribution in [1.29, 1.82) is 0 Å². The molecule has 6 nitrogen and oxygen atoms in total. The summed E-state index contributed by atoms with van der Waals surface area (Å²) in [5.74, 6) is 1.29. The van der Waals surface area contributed by atoms with Gasteiger partial charge in [0.15, 0.2) is 0 Å². The molecule has 26 heavy (non-hydrogen) atoms. The SMILES string of the molecule is CCn1c(COc2ccccc2Cl)nc2cc(S(=O)(=O)N(C)C)ccc21. The molecule has 0 aliphatic heterocycles. The second-order valence-corrected chi connectivity index (χ2v) is 8.49. The number of para-hydroxylation sites is 1. The molecule has 0 atom stereocenters. The monoisotopic (exact) mass is 393 g/mol. The van der Waals surface area contributed by atoms with Crippen molar-refractivity contribution in [2.75, 3.05) is 14.1 Å². The van der Waals surface area contributed by atoms with E-state index >= 15 is 0 Å². The molecular weight excluding hydrogens is 374 g/mol. The first kappa shape index (κ1) is 18.7. The van der Waals surface area contributed by atoms with Gasteiger partial charge in [-0.25, -0.2) is 17.7 Å². The highest BCUT2D eigenvalue weighted by molar-refractivity contribution is 7.89. The Balaban J connectivity index is 1.97. The van der Waals surface area contributed by atoms with Crippen molar-refractivity contribution in [3.63, 3.8) is 0 Å². The number of ether oxygens (including phenoxy) is 1. The van der Waals surface area contributed by atoms with Gasteiger partial charge >= 0.3 is 0 Å². The van der Waals surface area contributed by atoms with Crippen molar-refractivity contribution in [1.82, 2.24) is 13.9 Å². The second-order valence-electron chi connectivity index (χ2n) is 5.93. The number of nitrogens with zero attached hydrogens (tertiary/aromatic N) is 3. The van der Waals surface area contributed by atoms with Crippen LogP contribution in [-0.2, 0) is 23.2 Å². The standard InChI is InChI=1S/C18H20ClN3O3S/c1-4-22-16-10-9-13(26(23,24)21(2)3)11-15(16)20-18(22)12-25-17-8-6-5-7-14(17)19/h5-11H,4,12H2,1-3H3. The third kappa shape index (κ3) is 3.42. The van der Waals surface area contributed by atoms with Crippen LogP contribution >= 0.6 is 11.6 Å². The molecule has 2 aromatic carbocycles. The van der Waals surface area contributed by atoms with E-state index in [1.807, 2.05) is 23.6 Å². The van der Waals surface area contributed by atoms with Crippen molar-refractivity contribution in [3.8, 4) is 5.75 Å². The first-order chi connectivity index (χ1) is 12.3. The molecule has 0 aliphatic carbocycles. The predicted molar refractivity (Wildman–Crippen MR) is 102 cm³/mol. The lowest BCUT2D eigenvalue weighted by atomic mass is 10.3. The molecule has 0 unspecified atom stereocenters. The summed E-state index contributed by atoms with van der Waals surface area (Å²) in [4.78, 5) is 4.79. The minimum Gasteiger partial charge on any atom is -0.484 e. The maximum atomic E-state index is 12.3. The maximum absolute atomic E-state index is 12.3. The van der Waals surface area contributed by atoms with Crippen molar-refractivity contribution in [2.45, 2.75) is 25.0 Å². The number of sulfonamides is 1. The van der Waals surface area contributed by atoms with Gasteiger partial charge in [-0.2, -0.15) is 0 Å². The van der Waals surface area contributed by atoms with Crippen LogP contribution in [0.4, 0.5) is 0 Å². The Morgan fingerprint density at radius 3 is 2.58 bits per heavy atom. The van der Waals surface area contributed by atoms with Crippen LogP contribution in [0.25, 0.3) is 11.0 Å². The summed E-state index contributed by atoms with van der Waals surface area (Å²) < 4.78 is 33.6. The second kappa shape index (κ2) is 7.26. The number of benzene rings is 2. The number of hydrogen-bond donors (Lipinski definition) is 0. The summed E-state index contributed by atoms with van der Waals surface area (Å²) in [6, 6.07) is 12.2. The molecule has 0 radical (unpaired) electrons. The fourth-order valence-corrected chi connectivity index (χ4v) is 3.81. The van der Waals surface area contributed by atoms with E-state index in [9.17, 15) is 8.42 Å². The molecular formula is C18H20ClN3O3S. The van der Waals surface area contributed by atoms with Gasteiger partial charge in [0.2, 0.25) is 10.0 Å². The number of imidazole rings is 1. The zero-order valence-corrected chi connectivity index (χ0v) is 16.4. The van der Waals surface area contributed by atoms with Crippen LogP contribution in [0.15, 0.2) is 47.4 Å². The fourth-order valence-electron chi connectivity index (χ4n) is 2.70. The van der Waals surface area contributed by atoms with Crippen LogP contribution < -0.4 is 4.74 Å². The Bertz CT molecular complexity index is 1050. The Labute approximate surface area is 158 Å². The maximum Gasteiger partial charge on any atom is 0.242 e. The van der Waals surface area contributed by atoms with Gasteiger partial charge < -0.3 is 9.30 Å². The number of rotatable bonds is 6. The zero-order chi connectivity index (χ0) is 18.9. The molecule has 138 valence electrons. The predicted octanol–water partition coefficient (Wildman–Crippen LogP) is 3.54. The quantitative estimate of drug-likeness (QED) is 0.642. The molecule has 1 aromatic heterocycles. The molecule has 3 aromatic rings. The lowest BCUT2D eigenvalue weighted by Crippen LogP contribution is -2.22. The van der Waals surface area contributed by atoms with Crippen LogP contribution in [0.5, 0.6) is 5.75 Å². The highest BCUT2D eigenvalue weighted by Crippen LogP contribution is 2.26. The molecule has 0 saturated heterocycles. The van der Waals surface area contributed by atoms with E-state index in [1.54, 1.807) is 30.3 Å². The number of aryl methyl sites for hydroxylation is 1. The van der Waals surface area contributed by atoms with Gasteiger partial charge in [0, 0.05) is 20.6 Å². The van der Waals surface area contributed by atoms with Gasteiger partial charge in [-0.15, -0.1) is 0 Å². The molecule has 3 rings (SSSR count). The van der Waals surface area contributed by atoms with E-state index in [0.717, 1.165) is 5.52 Å². The van der Waals surface area contributed by atoms with Crippen LogP contribution in [0.1, 0.15) is 12.7 Å². The molecule has 1 heterocycles. The number of fused-ring (bicyclic) bond motifs is 1. The number of halogens is 1. The molecule has 0 N–H and O–H groups in total. The third-order valence-electron chi connectivity index (χ3n) is 4.09. The van der Waals surface area contributed by atoms with Gasteiger partial charge in [-0.05, 0) is 37.3 Å². The summed E-state index contributed by atoms with van der Waals surface area (Å²) in [5, 5.41) is 0.533. The largest absolute Gasteiger partial charge is 0.484 e. The summed E-state index contributed by atoms with van der Waals surface area (Å²) in [6.07, 6.45) is 0. The van der Waals surface area contributed by atoms with Crippen molar-refractivity contribution < 1.29 is 13.2 Å². The van der Waals surface area contributed by atoms with Gasteiger partial charge in [0.25, 0.3) is 0 Å². The molecule has 0 spiro atoms. The van der Waals surface area contributed by atoms with Gasteiger partial charge in [0.05, 0.1) is 21.0 Å². The van der Waals surface area contributed by atoms with Gasteiger partial charge in [-0.3, -0.25) is 0 Å². The topological polar surface area (TPSA) is 64.4 Å². The summed E-state index contributed by atoms with van der Waals surface area (Å²) in [7, 11) is -0.490. The summed E-state index contributed by atoms with van der Waals surface area (Å²) in [5.41, 5.74) is 1.48. The smallest absolute Gasteiger partial charge is 0.242 e. The first-order valence-electron chi connectivity index (χ1n) is 8.13. The Morgan fingerprint density at radius 1 is 1.19 bits per heavy atom. The summed E-state index contributed by atoms with van der Waals surface area (Å²) in [6.45, 7) is 2.93. The Morgan fingerprint density at radius 2 is 1.92 bits per heavy atom. The van der Waals surface area contributed by atoms with E-state index < -0.39 is 10.0 Å². The lowest BCUT2D eigenvalue weighted by molar-refractivity contribution is 0.291. The molecule has 0 aliphatic rings. The molecule has 0 bridgehead atoms. The minimum absolute atomic E-state index is 0.217. The number of aromatic nitrogens is 2. The normalized spacial score (nSPS) is 12.0. The van der Waals surface area contributed by atoms with Crippen molar-refractivity contribution >= 4 is 32.7 Å². The van der Waals surface area contributed by atoms with Crippen LogP contribution in [0, 0.1) is 0 Å². The Kier molecular flexibility index (Phi) is 5.22. The highest BCUT2D eigenvalue weighted by Gasteiger charge is 2.19. The zero-order valence-electron chi connectivity index (χ0n) is 14.8. The minimum atomic E-state index is -3.50. The van der Waals surface area contributed by atoms with Gasteiger partial charge in [-0.1, -0.05) is 23.7 Å². The molecule has 8 heteroatoms. The first-order valence-corrected chi connectivity index (χ1v) is 9.95. The van der Waals surface area contributed by atoms with Gasteiger partial charge in [0.1, 0.15) is 18.2 Å². The van der Waals surface area contributed by atoms with Crippen molar-refractivity contribution in [2.24, 2.45) is 0 Å². The molecule has 0 amide bonds. The average molecular weight is 394 g/mol. The Hall–Kier alpha value is -2.09. The van der Waals surface area contributed by atoms with Crippen LogP contribution in [-0.4, -0.2) is 36.4 Å². The molecule has 0 fully saturated rings. The van der Waals surface area contributed by atoms with E-state index in [-0.39, 0.29) is 11.5 Å². The van der Waals surface area contributed by atoms with Crippen LogP contribution in [0.3, 0.4) is 0 Å². The third-order valence-corrected chi connectivity index (χ3v) is 6.21. The van der Waals surface area contributed by atoms with E-state index in [4.69, 9.17) is 16.3 Å². The van der Waals surface area contributed by atoms with Crippen LogP contribution in [0.2, 0.25) is 5.02 Å². The highest BCUT2D eigenvalue weighted by atomic mass is 35.5. The average Bonchev–Trinajstić information content (AvgIpc) is 2.97. The summed E-state index contributed by atoms with van der Waals surface area (Å²) >= 11 is 6.12. The number of hydrogen-bond acceptors (Lipinski definition) is 4. The molecule has 0 saturated carbocycles. The van der Waals surface area contributed by atoms with E-state index in [0.29, 0.717) is 28.7 Å². The fraction of sp³-hybridized carbons (Fsp3) is 0.278. The van der Waals surface area contributed by atoms with E-state index in [2.05, 4.69) is 4.98 Å². The lowest BCUT2D eigenvalue weighted by Gasteiger charge is -2.11. The van der Waals surface area contributed by atoms with Crippen molar-refractivity contribution in [3.05, 3.63) is 53.3 Å². The van der Waals surface area contributed by atoms with E-state index in [1.165, 1.54) is 18.4 Å².